The molecule has 0 saturated carbocycles. The molecule has 0 unspecified atom stereocenters. The van der Waals surface area contributed by atoms with Crippen molar-refractivity contribution in [2.24, 2.45) is 0 Å². The average Bonchev–Trinajstić information content (AvgIpc) is 2.20. The number of halogens is 2. The Kier molecular flexibility index (Phi) is 5.22. The van der Waals surface area contributed by atoms with Gasteiger partial charge in [0.2, 0.25) is 0 Å². The molecule has 0 heterocycles. The SMILES string of the molecule is CC(C)=CCOc1c(Br)cc(Br)cc1C=O. The van der Waals surface area contributed by atoms with E-state index in [-0.39, 0.29) is 0 Å². The summed E-state index contributed by atoms with van der Waals surface area (Å²) in [7, 11) is 0. The molecule has 0 bridgehead atoms. The van der Waals surface area contributed by atoms with Crippen LogP contribution in [0.25, 0.3) is 0 Å². The fraction of sp³-hybridized carbons (Fsp3) is 0.250. The van der Waals surface area contributed by atoms with Crippen molar-refractivity contribution in [3.05, 3.63) is 38.3 Å². The van der Waals surface area contributed by atoms with E-state index in [2.05, 4.69) is 31.9 Å². The minimum Gasteiger partial charge on any atom is -0.488 e. The van der Waals surface area contributed by atoms with Crippen LogP contribution in [0.3, 0.4) is 0 Å². The molecule has 0 spiro atoms. The smallest absolute Gasteiger partial charge is 0.153 e. The predicted octanol–water partition coefficient (Wildman–Crippen LogP) is 4.37. The molecule has 0 aliphatic heterocycles. The second-order valence-corrected chi connectivity index (χ2v) is 5.29. The Labute approximate surface area is 112 Å². The second-order valence-electron chi connectivity index (χ2n) is 3.52. The van der Waals surface area contributed by atoms with E-state index in [0.29, 0.717) is 17.9 Å². The Morgan fingerprint density at radius 2 is 2.06 bits per heavy atom. The highest BCUT2D eigenvalue weighted by Gasteiger charge is 2.08. The summed E-state index contributed by atoms with van der Waals surface area (Å²) < 4.78 is 7.16. The zero-order valence-corrected chi connectivity index (χ0v) is 12.3. The van der Waals surface area contributed by atoms with Gasteiger partial charge in [0.05, 0.1) is 10.0 Å². The van der Waals surface area contributed by atoms with Gasteiger partial charge in [0.1, 0.15) is 12.4 Å². The first kappa shape index (κ1) is 13.5. The van der Waals surface area contributed by atoms with E-state index in [1.54, 1.807) is 6.07 Å². The number of carbonyl (C=O) groups is 1. The van der Waals surface area contributed by atoms with Crippen LogP contribution in [0.5, 0.6) is 5.75 Å². The van der Waals surface area contributed by atoms with E-state index in [0.717, 1.165) is 15.2 Å². The molecule has 2 nitrogen and oxygen atoms in total. The van der Waals surface area contributed by atoms with E-state index in [4.69, 9.17) is 4.74 Å². The first-order chi connectivity index (χ1) is 7.54. The topological polar surface area (TPSA) is 26.3 Å². The molecule has 0 aliphatic carbocycles. The normalized spacial score (nSPS) is 9.75. The van der Waals surface area contributed by atoms with Crippen LogP contribution in [-0.4, -0.2) is 12.9 Å². The van der Waals surface area contributed by atoms with Crippen molar-refractivity contribution in [1.82, 2.24) is 0 Å². The van der Waals surface area contributed by atoms with Crippen LogP contribution in [0.2, 0.25) is 0 Å². The quantitative estimate of drug-likeness (QED) is 0.597. The Hall–Kier alpha value is -0.610. The average molecular weight is 348 g/mol. The zero-order chi connectivity index (χ0) is 12.1. The molecular weight excluding hydrogens is 336 g/mol. The molecule has 1 aromatic rings. The van der Waals surface area contributed by atoms with Crippen molar-refractivity contribution < 1.29 is 9.53 Å². The Morgan fingerprint density at radius 3 is 2.62 bits per heavy atom. The highest BCUT2D eigenvalue weighted by Crippen LogP contribution is 2.31. The number of rotatable bonds is 4. The summed E-state index contributed by atoms with van der Waals surface area (Å²) in [4.78, 5) is 10.9. The van der Waals surface area contributed by atoms with Gasteiger partial charge >= 0.3 is 0 Å². The van der Waals surface area contributed by atoms with Gasteiger partial charge in [0.25, 0.3) is 0 Å². The van der Waals surface area contributed by atoms with Crippen LogP contribution in [0.15, 0.2) is 32.7 Å². The van der Waals surface area contributed by atoms with Gasteiger partial charge in [-0.05, 0) is 48.0 Å². The fourth-order valence-electron chi connectivity index (χ4n) is 1.11. The number of aldehydes is 1. The van der Waals surface area contributed by atoms with Gasteiger partial charge in [-0.1, -0.05) is 21.5 Å². The van der Waals surface area contributed by atoms with Crippen molar-refractivity contribution in [2.75, 3.05) is 6.61 Å². The third-order valence-electron chi connectivity index (χ3n) is 1.88. The second kappa shape index (κ2) is 6.21. The van der Waals surface area contributed by atoms with Crippen LogP contribution in [0.1, 0.15) is 24.2 Å². The fourth-order valence-corrected chi connectivity index (χ4v) is 2.48. The summed E-state index contributed by atoms with van der Waals surface area (Å²) >= 11 is 6.69. The Balaban J connectivity index is 2.94. The van der Waals surface area contributed by atoms with Crippen molar-refractivity contribution in [3.8, 4) is 5.75 Å². The first-order valence-electron chi connectivity index (χ1n) is 4.75. The number of carbonyl (C=O) groups excluding carboxylic acids is 1. The highest BCUT2D eigenvalue weighted by atomic mass is 79.9. The molecule has 0 amide bonds. The largest absolute Gasteiger partial charge is 0.488 e. The third-order valence-corrected chi connectivity index (χ3v) is 2.93. The molecule has 0 radical (unpaired) electrons. The van der Waals surface area contributed by atoms with Crippen LogP contribution in [0.4, 0.5) is 0 Å². The third kappa shape index (κ3) is 3.76. The van der Waals surface area contributed by atoms with Crippen LogP contribution >= 0.6 is 31.9 Å². The zero-order valence-electron chi connectivity index (χ0n) is 9.09. The number of ether oxygens (including phenoxy) is 1. The lowest BCUT2D eigenvalue weighted by Crippen LogP contribution is -1.99. The number of benzene rings is 1. The predicted molar refractivity (Wildman–Crippen MR) is 72.2 cm³/mol. The molecule has 0 aromatic heterocycles. The van der Waals surface area contributed by atoms with Gasteiger partial charge in [-0.25, -0.2) is 0 Å². The molecule has 1 rings (SSSR count). The van der Waals surface area contributed by atoms with Crippen molar-refractivity contribution >= 4 is 38.1 Å². The number of allylic oxidation sites excluding steroid dienone is 1. The molecular formula is C12H12Br2O2. The van der Waals surface area contributed by atoms with Crippen molar-refractivity contribution in [1.29, 1.82) is 0 Å². The highest BCUT2D eigenvalue weighted by molar-refractivity contribution is 9.11. The Morgan fingerprint density at radius 1 is 1.38 bits per heavy atom. The van der Waals surface area contributed by atoms with E-state index in [9.17, 15) is 4.79 Å². The van der Waals surface area contributed by atoms with E-state index < -0.39 is 0 Å². The molecule has 0 saturated heterocycles. The van der Waals surface area contributed by atoms with Gasteiger partial charge in [-0.2, -0.15) is 0 Å². The van der Waals surface area contributed by atoms with Crippen LogP contribution < -0.4 is 4.74 Å². The molecule has 0 atom stereocenters. The van der Waals surface area contributed by atoms with Gasteiger partial charge < -0.3 is 4.74 Å². The minimum atomic E-state index is 0.462. The van der Waals surface area contributed by atoms with Gasteiger partial charge in [-0.15, -0.1) is 0 Å². The molecule has 1 aromatic carbocycles. The lowest BCUT2D eigenvalue weighted by molar-refractivity contribution is 0.112. The van der Waals surface area contributed by atoms with Gasteiger partial charge in [0, 0.05) is 4.47 Å². The summed E-state index contributed by atoms with van der Waals surface area (Å²) in [6.45, 7) is 4.46. The maximum atomic E-state index is 10.9. The van der Waals surface area contributed by atoms with Gasteiger partial charge in [-0.3, -0.25) is 4.79 Å². The molecule has 16 heavy (non-hydrogen) atoms. The van der Waals surface area contributed by atoms with Crippen LogP contribution in [-0.2, 0) is 0 Å². The molecule has 0 aliphatic rings. The van der Waals surface area contributed by atoms with E-state index >= 15 is 0 Å². The van der Waals surface area contributed by atoms with Crippen molar-refractivity contribution in [3.63, 3.8) is 0 Å². The summed E-state index contributed by atoms with van der Waals surface area (Å²) in [6, 6.07) is 3.58. The summed E-state index contributed by atoms with van der Waals surface area (Å²) in [6.07, 6.45) is 2.75. The standard InChI is InChI=1S/C12H12Br2O2/c1-8(2)3-4-16-12-9(7-15)5-10(13)6-11(12)14/h3,5-7H,4H2,1-2H3. The lowest BCUT2D eigenvalue weighted by atomic mass is 10.2. The maximum Gasteiger partial charge on any atom is 0.153 e. The summed E-state index contributed by atoms with van der Waals surface area (Å²) in [5.74, 6) is 0.579. The molecule has 0 N–H and O–H groups in total. The van der Waals surface area contributed by atoms with Crippen LogP contribution in [0, 0.1) is 0 Å². The molecule has 4 heteroatoms. The van der Waals surface area contributed by atoms with E-state index in [1.807, 2.05) is 26.0 Å². The van der Waals surface area contributed by atoms with Crippen molar-refractivity contribution in [2.45, 2.75) is 13.8 Å². The molecule has 0 fully saturated rings. The van der Waals surface area contributed by atoms with E-state index in [1.165, 1.54) is 5.57 Å². The lowest BCUT2D eigenvalue weighted by Gasteiger charge is -2.09. The maximum absolute atomic E-state index is 10.9. The summed E-state index contributed by atoms with van der Waals surface area (Å²) in [5, 5.41) is 0. The Bertz CT molecular complexity index is 421. The minimum absolute atomic E-state index is 0.462. The number of hydrogen-bond donors (Lipinski definition) is 0. The number of hydrogen-bond acceptors (Lipinski definition) is 2. The monoisotopic (exact) mass is 346 g/mol. The van der Waals surface area contributed by atoms with Gasteiger partial charge in [0.15, 0.2) is 6.29 Å². The summed E-state index contributed by atoms with van der Waals surface area (Å²) in [5.41, 5.74) is 1.71. The first-order valence-corrected chi connectivity index (χ1v) is 6.33. The molecule has 86 valence electrons.